The minimum absolute atomic E-state index is 0.0271. The molecule has 7 heteroatoms. The molecule has 0 heterocycles. The van der Waals surface area contributed by atoms with Crippen LogP contribution >= 0.6 is 0 Å². The first-order valence-corrected chi connectivity index (χ1v) is 5.51. The van der Waals surface area contributed by atoms with Crippen LogP contribution in [-0.2, 0) is 9.59 Å². The van der Waals surface area contributed by atoms with E-state index in [9.17, 15) is 14.4 Å². The molecule has 0 aromatic carbocycles. The van der Waals surface area contributed by atoms with Crippen molar-refractivity contribution in [3.8, 4) is 0 Å². The number of carbonyl (C=O) groups is 3. The van der Waals surface area contributed by atoms with Crippen LogP contribution in [0.2, 0.25) is 0 Å². The Morgan fingerprint density at radius 1 is 1.33 bits per heavy atom. The van der Waals surface area contributed by atoms with Gasteiger partial charge in [0.05, 0.1) is 0 Å². The molecule has 0 saturated carbocycles. The molecule has 1 unspecified atom stereocenters. The van der Waals surface area contributed by atoms with E-state index in [1.165, 1.54) is 0 Å². The molecule has 0 aromatic rings. The van der Waals surface area contributed by atoms with Crippen LogP contribution in [0.1, 0.15) is 26.7 Å². The van der Waals surface area contributed by atoms with Gasteiger partial charge in [0.1, 0.15) is 6.04 Å². The standard InChI is InChI=1S/C11H19N3O4/c1-7(2)5-6-13-11(18)14-8(10(16)17)3-4-9(12)15/h5,8H,3-4,6H2,1-2H3,(H2,12,15)(H,16,17)(H2,13,14,18). The SMILES string of the molecule is CC(C)=CCNC(=O)NC(CCC(N)=O)C(=O)O. The highest BCUT2D eigenvalue weighted by Gasteiger charge is 2.19. The Morgan fingerprint density at radius 3 is 2.39 bits per heavy atom. The highest BCUT2D eigenvalue weighted by molar-refractivity contribution is 5.83. The molecule has 0 saturated heterocycles. The van der Waals surface area contributed by atoms with Crippen molar-refractivity contribution in [2.75, 3.05) is 6.54 Å². The molecule has 3 amide bonds. The molecule has 0 aliphatic carbocycles. The molecule has 5 N–H and O–H groups in total. The van der Waals surface area contributed by atoms with Gasteiger partial charge in [-0.2, -0.15) is 0 Å². The number of nitrogens with two attached hydrogens (primary N) is 1. The summed E-state index contributed by atoms with van der Waals surface area (Å²) in [4.78, 5) is 32.7. The number of aliphatic carboxylic acids is 1. The molecular weight excluding hydrogens is 238 g/mol. The Labute approximate surface area is 105 Å². The van der Waals surface area contributed by atoms with Crippen molar-refractivity contribution >= 4 is 17.9 Å². The number of rotatable bonds is 7. The van der Waals surface area contributed by atoms with Gasteiger partial charge >= 0.3 is 12.0 Å². The fraction of sp³-hybridized carbons (Fsp3) is 0.545. The molecule has 0 bridgehead atoms. The van der Waals surface area contributed by atoms with Crippen molar-refractivity contribution in [3.05, 3.63) is 11.6 Å². The second kappa shape index (κ2) is 8.10. The average molecular weight is 257 g/mol. The Morgan fingerprint density at radius 2 is 1.94 bits per heavy atom. The molecule has 0 aliphatic heterocycles. The zero-order chi connectivity index (χ0) is 14.1. The lowest BCUT2D eigenvalue weighted by atomic mass is 10.1. The number of allylic oxidation sites excluding steroid dienone is 1. The molecule has 0 spiro atoms. The molecule has 1 atom stereocenters. The second-order valence-corrected chi connectivity index (χ2v) is 4.03. The van der Waals surface area contributed by atoms with Crippen LogP contribution in [0.4, 0.5) is 4.79 Å². The Bertz CT molecular complexity index is 348. The van der Waals surface area contributed by atoms with Crippen LogP contribution in [0.25, 0.3) is 0 Å². The van der Waals surface area contributed by atoms with Crippen molar-refractivity contribution in [1.29, 1.82) is 0 Å². The highest BCUT2D eigenvalue weighted by Crippen LogP contribution is 1.97. The van der Waals surface area contributed by atoms with E-state index < -0.39 is 23.9 Å². The molecule has 18 heavy (non-hydrogen) atoms. The predicted octanol–water partition coefficient (Wildman–Crippen LogP) is -0.0295. The monoisotopic (exact) mass is 257 g/mol. The molecule has 0 rings (SSSR count). The van der Waals surface area contributed by atoms with E-state index in [-0.39, 0.29) is 12.8 Å². The molecular formula is C11H19N3O4. The third-order valence-electron chi connectivity index (χ3n) is 2.06. The quantitative estimate of drug-likeness (QED) is 0.478. The first-order valence-electron chi connectivity index (χ1n) is 5.51. The van der Waals surface area contributed by atoms with Gasteiger partial charge < -0.3 is 21.5 Å². The predicted molar refractivity (Wildman–Crippen MR) is 65.8 cm³/mol. The zero-order valence-corrected chi connectivity index (χ0v) is 10.5. The van der Waals surface area contributed by atoms with E-state index in [0.29, 0.717) is 6.54 Å². The van der Waals surface area contributed by atoms with E-state index in [1.54, 1.807) is 6.08 Å². The summed E-state index contributed by atoms with van der Waals surface area (Å²) < 4.78 is 0. The van der Waals surface area contributed by atoms with E-state index in [1.807, 2.05) is 13.8 Å². The number of carboxylic acids is 1. The third-order valence-corrected chi connectivity index (χ3v) is 2.06. The number of carbonyl (C=O) groups excluding carboxylic acids is 2. The first kappa shape index (κ1) is 16.0. The molecule has 0 radical (unpaired) electrons. The number of carboxylic acid groups (broad SMARTS) is 1. The van der Waals surface area contributed by atoms with Crippen molar-refractivity contribution < 1.29 is 19.5 Å². The van der Waals surface area contributed by atoms with Gasteiger partial charge in [-0.15, -0.1) is 0 Å². The van der Waals surface area contributed by atoms with Gasteiger partial charge in [-0.05, 0) is 20.3 Å². The number of urea groups is 1. The largest absolute Gasteiger partial charge is 0.480 e. The molecule has 0 fully saturated rings. The summed E-state index contributed by atoms with van der Waals surface area (Å²) >= 11 is 0. The number of hydrogen-bond acceptors (Lipinski definition) is 3. The van der Waals surface area contributed by atoms with Crippen LogP contribution in [0.15, 0.2) is 11.6 Å². The summed E-state index contributed by atoms with van der Waals surface area (Å²) in [5.41, 5.74) is 5.96. The van der Waals surface area contributed by atoms with Gasteiger partial charge in [-0.1, -0.05) is 11.6 Å². The maximum atomic E-state index is 11.4. The number of nitrogens with one attached hydrogen (secondary N) is 2. The highest BCUT2D eigenvalue weighted by atomic mass is 16.4. The van der Waals surface area contributed by atoms with E-state index in [4.69, 9.17) is 10.8 Å². The van der Waals surface area contributed by atoms with E-state index >= 15 is 0 Å². The Kier molecular flexibility index (Phi) is 7.18. The molecule has 7 nitrogen and oxygen atoms in total. The number of hydrogen-bond donors (Lipinski definition) is 4. The van der Waals surface area contributed by atoms with Gasteiger partial charge in [-0.3, -0.25) is 4.79 Å². The van der Waals surface area contributed by atoms with Crippen LogP contribution in [0.3, 0.4) is 0 Å². The van der Waals surface area contributed by atoms with Crippen molar-refractivity contribution in [3.63, 3.8) is 0 Å². The third kappa shape index (κ3) is 8.14. The summed E-state index contributed by atoms with van der Waals surface area (Å²) in [7, 11) is 0. The minimum atomic E-state index is -1.20. The first-order chi connectivity index (χ1) is 8.32. The zero-order valence-electron chi connectivity index (χ0n) is 10.5. The smallest absolute Gasteiger partial charge is 0.326 e. The van der Waals surface area contributed by atoms with Gasteiger partial charge in [-0.25, -0.2) is 9.59 Å². The maximum absolute atomic E-state index is 11.4. The summed E-state index contributed by atoms with van der Waals surface area (Å²) in [5.74, 6) is -1.80. The summed E-state index contributed by atoms with van der Waals surface area (Å²) in [6.07, 6.45) is 1.67. The fourth-order valence-electron chi connectivity index (χ4n) is 1.10. The normalized spacial score (nSPS) is 11.2. The van der Waals surface area contributed by atoms with Gasteiger partial charge in [0.15, 0.2) is 0 Å². The summed E-state index contributed by atoms with van der Waals surface area (Å²) in [5, 5.41) is 13.6. The number of primary amides is 1. The fourth-order valence-corrected chi connectivity index (χ4v) is 1.10. The van der Waals surface area contributed by atoms with Gasteiger partial charge in [0.25, 0.3) is 0 Å². The van der Waals surface area contributed by atoms with Gasteiger partial charge in [0, 0.05) is 13.0 Å². The molecule has 102 valence electrons. The Hall–Kier alpha value is -2.05. The lowest BCUT2D eigenvalue weighted by Gasteiger charge is -2.13. The second-order valence-electron chi connectivity index (χ2n) is 4.03. The lowest BCUT2D eigenvalue weighted by Crippen LogP contribution is -2.46. The maximum Gasteiger partial charge on any atom is 0.326 e. The summed E-state index contributed by atoms with van der Waals surface area (Å²) in [6.45, 7) is 4.08. The topological polar surface area (TPSA) is 122 Å². The van der Waals surface area contributed by atoms with Crippen molar-refractivity contribution in [2.24, 2.45) is 5.73 Å². The van der Waals surface area contributed by atoms with Crippen LogP contribution < -0.4 is 16.4 Å². The van der Waals surface area contributed by atoms with Crippen LogP contribution in [-0.4, -0.2) is 35.6 Å². The summed E-state index contributed by atoms with van der Waals surface area (Å²) in [6, 6.07) is -1.71. The van der Waals surface area contributed by atoms with E-state index in [2.05, 4.69) is 10.6 Å². The molecule has 0 aromatic heterocycles. The van der Waals surface area contributed by atoms with Crippen LogP contribution in [0.5, 0.6) is 0 Å². The minimum Gasteiger partial charge on any atom is -0.480 e. The lowest BCUT2D eigenvalue weighted by molar-refractivity contribution is -0.139. The van der Waals surface area contributed by atoms with Crippen molar-refractivity contribution in [2.45, 2.75) is 32.7 Å². The van der Waals surface area contributed by atoms with Gasteiger partial charge in [0.2, 0.25) is 5.91 Å². The molecule has 0 aliphatic rings. The Balaban J connectivity index is 4.15. The van der Waals surface area contributed by atoms with Crippen molar-refractivity contribution in [1.82, 2.24) is 10.6 Å². The number of amides is 3. The van der Waals surface area contributed by atoms with E-state index in [0.717, 1.165) is 5.57 Å². The van der Waals surface area contributed by atoms with Crippen LogP contribution in [0, 0.1) is 0 Å². The average Bonchev–Trinajstić information content (AvgIpc) is 2.22.